The zero-order valence-electron chi connectivity index (χ0n) is 13.4. The van der Waals surface area contributed by atoms with E-state index in [0.717, 1.165) is 22.3 Å². The molecule has 1 aromatic carbocycles. The summed E-state index contributed by atoms with van der Waals surface area (Å²) in [5, 5.41) is 4.46. The van der Waals surface area contributed by atoms with E-state index in [0.29, 0.717) is 6.54 Å². The number of carbonyl (C=O) groups is 1. The average Bonchev–Trinajstić information content (AvgIpc) is 2.83. The minimum Gasteiger partial charge on any atom is -0.459 e. The lowest BCUT2D eigenvalue weighted by atomic mass is 10.1. The van der Waals surface area contributed by atoms with Crippen LogP contribution in [-0.2, 0) is 4.79 Å². The van der Waals surface area contributed by atoms with Gasteiger partial charge < -0.3 is 9.32 Å². The maximum Gasteiger partial charge on any atom is 0.239 e. The van der Waals surface area contributed by atoms with Crippen molar-refractivity contribution in [2.75, 3.05) is 13.6 Å². The van der Waals surface area contributed by atoms with Gasteiger partial charge in [0.25, 0.3) is 0 Å². The van der Waals surface area contributed by atoms with Crippen LogP contribution >= 0.6 is 0 Å². The number of fused-ring (bicyclic) bond motifs is 1. The first-order valence-electron chi connectivity index (χ1n) is 7.44. The van der Waals surface area contributed by atoms with Crippen molar-refractivity contribution >= 4 is 16.9 Å². The second-order valence-electron chi connectivity index (χ2n) is 5.55. The molecule has 2 rings (SSSR count). The van der Waals surface area contributed by atoms with Crippen molar-refractivity contribution in [1.82, 2.24) is 10.2 Å². The van der Waals surface area contributed by atoms with Crippen LogP contribution in [0.1, 0.15) is 38.1 Å². The van der Waals surface area contributed by atoms with Crippen molar-refractivity contribution in [3.05, 3.63) is 35.6 Å². The van der Waals surface area contributed by atoms with Gasteiger partial charge in [0.1, 0.15) is 11.3 Å². The Bertz CT molecular complexity index is 633. The molecule has 0 aliphatic rings. The number of furan rings is 1. The molecule has 0 radical (unpaired) electrons. The number of para-hydroxylation sites is 1. The molecule has 1 heterocycles. The Morgan fingerprint density at radius 3 is 2.62 bits per heavy atom. The van der Waals surface area contributed by atoms with Gasteiger partial charge in [0, 0.05) is 19.0 Å². The van der Waals surface area contributed by atoms with Gasteiger partial charge in [-0.3, -0.25) is 10.1 Å². The minimum absolute atomic E-state index is 0.0124. The van der Waals surface area contributed by atoms with Gasteiger partial charge in [-0.25, -0.2) is 0 Å². The van der Waals surface area contributed by atoms with Gasteiger partial charge in [-0.05, 0) is 39.3 Å². The van der Waals surface area contributed by atoms with E-state index in [4.69, 9.17) is 4.42 Å². The van der Waals surface area contributed by atoms with Gasteiger partial charge in [0.15, 0.2) is 0 Å². The number of benzene rings is 1. The molecule has 0 spiro atoms. The molecule has 1 aromatic heterocycles. The number of hydrogen-bond donors (Lipinski definition) is 1. The highest BCUT2D eigenvalue weighted by Gasteiger charge is 2.22. The van der Waals surface area contributed by atoms with Gasteiger partial charge in [0.2, 0.25) is 5.91 Å². The quantitative estimate of drug-likeness (QED) is 0.918. The molecule has 2 aromatic rings. The van der Waals surface area contributed by atoms with Gasteiger partial charge in [-0.1, -0.05) is 18.2 Å². The normalized spacial score (nSPS) is 14.1. The molecular weight excluding hydrogens is 264 g/mol. The summed E-state index contributed by atoms with van der Waals surface area (Å²) in [6.07, 6.45) is 0. The third kappa shape index (κ3) is 3.10. The van der Waals surface area contributed by atoms with E-state index in [1.807, 2.05) is 46.0 Å². The Kier molecular flexibility index (Phi) is 4.68. The zero-order valence-corrected chi connectivity index (χ0v) is 13.4. The highest BCUT2D eigenvalue weighted by Crippen LogP contribution is 2.29. The molecule has 0 fully saturated rings. The first-order valence-corrected chi connectivity index (χ1v) is 7.44. The maximum absolute atomic E-state index is 12.1. The third-order valence-electron chi connectivity index (χ3n) is 3.99. The van der Waals surface area contributed by atoms with Crippen LogP contribution in [-0.4, -0.2) is 30.4 Å². The van der Waals surface area contributed by atoms with E-state index in [-0.39, 0.29) is 18.0 Å². The Balaban J connectivity index is 2.17. The van der Waals surface area contributed by atoms with Crippen molar-refractivity contribution in [2.45, 2.75) is 39.8 Å². The van der Waals surface area contributed by atoms with Crippen molar-refractivity contribution in [1.29, 1.82) is 0 Å². The van der Waals surface area contributed by atoms with Crippen molar-refractivity contribution in [2.24, 2.45) is 0 Å². The topological polar surface area (TPSA) is 45.5 Å². The molecule has 0 aliphatic carbocycles. The van der Waals surface area contributed by atoms with Crippen LogP contribution in [0.4, 0.5) is 0 Å². The molecule has 0 aliphatic heterocycles. The average molecular weight is 288 g/mol. The highest BCUT2D eigenvalue weighted by atomic mass is 16.3. The van der Waals surface area contributed by atoms with E-state index in [2.05, 4.69) is 18.3 Å². The molecule has 21 heavy (non-hydrogen) atoms. The molecule has 1 N–H and O–H groups in total. The smallest absolute Gasteiger partial charge is 0.239 e. The standard InChI is InChI=1S/C17H24N2O2/c1-6-19(5)17(20)13(4)18-12(3)16-11(2)14-9-7-8-10-15(14)21-16/h7-10,12-13,18H,6H2,1-5H3. The maximum atomic E-state index is 12.1. The van der Waals surface area contributed by atoms with Crippen LogP contribution in [0.5, 0.6) is 0 Å². The Labute approximate surface area is 126 Å². The predicted molar refractivity (Wildman–Crippen MR) is 85.3 cm³/mol. The monoisotopic (exact) mass is 288 g/mol. The van der Waals surface area contributed by atoms with Crippen LogP contribution < -0.4 is 5.32 Å². The molecule has 4 heteroatoms. The molecule has 0 saturated heterocycles. The van der Waals surface area contributed by atoms with Crippen LogP contribution in [0.2, 0.25) is 0 Å². The summed E-state index contributed by atoms with van der Waals surface area (Å²) in [6.45, 7) is 8.66. The van der Waals surface area contributed by atoms with Crippen LogP contribution in [0.3, 0.4) is 0 Å². The van der Waals surface area contributed by atoms with E-state index < -0.39 is 0 Å². The summed E-state index contributed by atoms with van der Waals surface area (Å²) in [5.41, 5.74) is 2.03. The van der Waals surface area contributed by atoms with Crippen molar-refractivity contribution in [3.8, 4) is 0 Å². The first-order chi connectivity index (χ1) is 9.95. The Hall–Kier alpha value is -1.81. The summed E-state index contributed by atoms with van der Waals surface area (Å²) in [4.78, 5) is 13.8. The Morgan fingerprint density at radius 1 is 1.33 bits per heavy atom. The van der Waals surface area contributed by atoms with Crippen molar-refractivity contribution in [3.63, 3.8) is 0 Å². The van der Waals surface area contributed by atoms with Gasteiger partial charge in [-0.15, -0.1) is 0 Å². The lowest BCUT2D eigenvalue weighted by molar-refractivity contribution is -0.131. The number of amides is 1. The molecule has 2 atom stereocenters. The number of hydrogen-bond acceptors (Lipinski definition) is 3. The van der Waals surface area contributed by atoms with Gasteiger partial charge in [-0.2, -0.15) is 0 Å². The van der Waals surface area contributed by atoms with E-state index in [9.17, 15) is 4.79 Å². The van der Waals surface area contributed by atoms with Crippen molar-refractivity contribution < 1.29 is 9.21 Å². The number of likely N-dealkylation sites (N-methyl/N-ethyl adjacent to an activating group) is 1. The minimum atomic E-state index is -0.238. The first kappa shape index (κ1) is 15.6. The van der Waals surface area contributed by atoms with Gasteiger partial charge in [0.05, 0.1) is 12.1 Å². The lowest BCUT2D eigenvalue weighted by Crippen LogP contribution is -2.43. The fourth-order valence-corrected chi connectivity index (χ4v) is 2.61. The Morgan fingerprint density at radius 2 is 2.00 bits per heavy atom. The van der Waals surface area contributed by atoms with Crippen LogP contribution in [0, 0.1) is 6.92 Å². The summed E-state index contributed by atoms with van der Waals surface area (Å²) in [7, 11) is 1.82. The molecule has 0 saturated carbocycles. The zero-order chi connectivity index (χ0) is 15.6. The van der Waals surface area contributed by atoms with E-state index in [1.165, 1.54) is 0 Å². The fraction of sp³-hybridized carbons (Fsp3) is 0.471. The number of carbonyl (C=O) groups excluding carboxylic acids is 1. The van der Waals surface area contributed by atoms with Gasteiger partial charge >= 0.3 is 0 Å². The second-order valence-corrected chi connectivity index (χ2v) is 5.55. The van der Waals surface area contributed by atoms with E-state index >= 15 is 0 Å². The molecule has 0 bridgehead atoms. The third-order valence-corrected chi connectivity index (χ3v) is 3.99. The fourth-order valence-electron chi connectivity index (χ4n) is 2.61. The van der Waals surface area contributed by atoms with Crippen LogP contribution in [0.25, 0.3) is 11.0 Å². The van der Waals surface area contributed by atoms with E-state index in [1.54, 1.807) is 4.90 Å². The molecular formula is C17H24N2O2. The summed E-state index contributed by atoms with van der Waals surface area (Å²) < 4.78 is 5.94. The lowest BCUT2D eigenvalue weighted by Gasteiger charge is -2.23. The molecule has 4 nitrogen and oxygen atoms in total. The molecule has 2 unspecified atom stereocenters. The molecule has 114 valence electrons. The number of nitrogens with zero attached hydrogens (tertiary/aromatic N) is 1. The summed E-state index contributed by atoms with van der Waals surface area (Å²) in [6, 6.07) is 7.76. The number of nitrogens with one attached hydrogen (secondary N) is 1. The summed E-state index contributed by atoms with van der Waals surface area (Å²) >= 11 is 0. The largest absolute Gasteiger partial charge is 0.459 e. The number of rotatable bonds is 5. The molecule has 1 amide bonds. The van der Waals surface area contributed by atoms with Crippen LogP contribution in [0.15, 0.2) is 28.7 Å². The predicted octanol–water partition coefficient (Wildman–Crippen LogP) is 3.26. The highest BCUT2D eigenvalue weighted by molar-refractivity contribution is 5.82. The number of aryl methyl sites for hydroxylation is 1. The summed E-state index contributed by atoms with van der Waals surface area (Å²) in [5.74, 6) is 0.994. The second kappa shape index (κ2) is 6.31. The SMILES string of the molecule is CCN(C)C(=O)C(C)NC(C)c1oc2ccccc2c1C.